The smallest absolute Gasteiger partial charge is 0.228 e. The first-order chi connectivity index (χ1) is 13.6. The van der Waals surface area contributed by atoms with Crippen LogP contribution in [0.3, 0.4) is 0 Å². The first-order valence-corrected chi connectivity index (χ1v) is 9.17. The summed E-state index contributed by atoms with van der Waals surface area (Å²) >= 11 is 0. The summed E-state index contributed by atoms with van der Waals surface area (Å²) in [5, 5.41) is 25.4. The summed E-state index contributed by atoms with van der Waals surface area (Å²) in [5.74, 6) is 0.508. The normalized spacial score (nSPS) is 11.8. The number of carbonyl (C=O) groups is 1. The Kier molecular flexibility index (Phi) is 6.12. The van der Waals surface area contributed by atoms with E-state index < -0.39 is 0 Å². The molecule has 3 aromatic rings. The molecule has 0 spiro atoms. The molecule has 1 atom stereocenters. The summed E-state index contributed by atoms with van der Waals surface area (Å²) in [6.07, 6.45) is 0.720. The van der Waals surface area contributed by atoms with Crippen molar-refractivity contribution in [2.45, 2.75) is 26.2 Å². The fourth-order valence-electron chi connectivity index (χ4n) is 3.15. The van der Waals surface area contributed by atoms with Gasteiger partial charge in [-0.3, -0.25) is 4.79 Å². The summed E-state index contributed by atoms with van der Waals surface area (Å²) in [7, 11) is 0. The fourth-order valence-corrected chi connectivity index (χ4v) is 3.15. The van der Waals surface area contributed by atoms with E-state index >= 15 is 0 Å². The van der Waals surface area contributed by atoms with Gasteiger partial charge in [0.1, 0.15) is 6.54 Å². The molecule has 3 rings (SSSR count). The predicted octanol–water partition coefficient (Wildman–Crippen LogP) is 3.30. The van der Waals surface area contributed by atoms with Crippen LogP contribution >= 0.6 is 0 Å². The molecule has 7 heteroatoms. The lowest BCUT2D eigenvalue weighted by Gasteiger charge is -2.19. The van der Waals surface area contributed by atoms with Crippen LogP contribution in [0.4, 0.5) is 0 Å². The largest absolute Gasteiger partial charge is 0.342 e. The number of H-pyrrole nitrogens is 1. The van der Waals surface area contributed by atoms with E-state index in [0.29, 0.717) is 11.7 Å². The third-order valence-corrected chi connectivity index (χ3v) is 4.48. The van der Waals surface area contributed by atoms with Gasteiger partial charge in [0.15, 0.2) is 0 Å². The third-order valence-electron chi connectivity index (χ3n) is 4.48. The van der Waals surface area contributed by atoms with Crippen LogP contribution in [0.15, 0.2) is 48.5 Å². The average Bonchev–Trinajstić information content (AvgIpc) is 3.25. The summed E-state index contributed by atoms with van der Waals surface area (Å²) in [5.41, 5.74) is 3.89. The first-order valence-electron chi connectivity index (χ1n) is 9.17. The molecule has 0 aliphatic heterocycles. The monoisotopic (exact) mass is 374 g/mol. The Bertz CT molecular complexity index is 957. The van der Waals surface area contributed by atoms with Gasteiger partial charge in [0.05, 0.1) is 12.0 Å². The Morgan fingerprint density at radius 3 is 2.54 bits per heavy atom. The van der Waals surface area contributed by atoms with E-state index in [4.69, 9.17) is 5.26 Å². The van der Waals surface area contributed by atoms with Gasteiger partial charge in [0, 0.05) is 5.56 Å². The van der Waals surface area contributed by atoms with Gasteiger partial charge in [-0.2, -0.15) is 10.5 Å². The lowest BCUT2D eigenvalue weighted by molar-refractivity contribution is -0.122. The molecule has 0 saturated heterocycles. The van der Waals surface area contributed by atoms with Crippen molar-refractivity contribution in [3.05, 3.63) is 54.1 Å². The number of nitriles is 1. The Hall–Kier alpha value is -3.53. The van der Waals surface area contributed by atoms with E-state index in [1.54, 1.807) is 0 Å². The number of aromatic amines is 1. The number of rotatable bonds is 7. The van der Waals surface area contributed by atoms with Crippen molar-refractivity contribution in [1.82, 2.24) is 25.9 Å². The molecule has 0 bridgehead atoms. The van der Waals surface area contributed by atoms with E-state index in [1.807, 2.05) is 54.6 Å². The van der Waals surface area contributed by atoms with Crippen LogP contribution in [-0.4, -0.2) is 33.1 Å². The molecule has 2 aromatic carbocycles. The number of hydrogen-bond donors (Lipinski definition) is 2. The first kappa shape index (κ1) is 19.2. The highest BCUT2D eigenvalue weighted by molar-refractivity contribution is 5.84. The Labute approximate surface area is 163 Å². The number of nitrogens with one attached hydrogen (secondary N) is 2. The second-order valence-electron chi connectivity index (χ2n) is 7.00. The Balaban J connectivity index is 1.87. The maximum Gasteiger partial charge on any atom is 0.228 e. The van der Waals surface area contributed by atoms with Crippen LogP contribution < -0.4 is 5.32 Å². The van der Waals surface area contributed by atoms with Gasteiger partial charge < -0.3 is 5.32 Å². The molecule has 1 unspecified atom stereocenters. The molecule has 1 amide bonds. The van der Waals surface area contributed by atoms with Crippen LogP contribution in [0.5, 0.6) is 0 Å². The van der Waals surface area contributed by atoms with Gasteiger partial charge >= 0.3 is 0 Å². The van der Waals surface area contributed by atoms with Crippen molar-refractivity contribution in [2.75, 3.05) is 6.54 Å². The minimum Gasteiger partial charge on any atom is -0.342 e. The van der Waals surface area contributed by atoms with Crippen molar-refractivity contribution in [3.63, 3.8) is 0 Å². The summed E-state index contributed by atoms with van der Waals surface area (Å²) < 4.78 is 0. The van der Waals surface area contributed by atoms with Crippen LogP contribution in [0.2, 0.25) is 0 Å². The topological polar surface area (TPSA) is 107 Å². The van der Waals surface area contributed by atoms with Gasteiger partial charge in [-0.05, 0) is 34.2 Å². The van der Waals surface area contributed by atoms with Crippen molar-refractivity contribution in [1.29, 1.82) is 5.26 Å². The van der Waals surface area contributed by atoms with E-state index in [0.717, 1.165) is 28.7 Å². The molecule has 1 aromatic heterocycles. The summed E-state index contributed by atoms with van der Waals surface area (Å²) in [4.78, 5) is 12.6. The molecule has 0 aliphatic rings. The zero-order chi connectivity index (χ0) is 19.9. The van der Waals surface area contributed by atoms with Crippen molar-refractivity contribution in [2.24, 2.45) is 5.92 Å². The number of carbonyl (C=O) groups excluding carboxylic acids is 1. The predicted molar refractivity (Wildman–Crippen MR) is 106 cm³/mol. The fraction of sp³-hybridized carbons (Fsp3) is 0.286. The number of aromatic nitrogens is 4. The van der Waals surface area contributed by atoms with Gasteiger partial charge in [-0.15, -0.1) is 10.2 Å². The van der Waals surface area contributed by atoms with E-state index in [-0.39, 0.29) is 18.4 Å². The highest BCUT2D eigenvalue weighted by Gasteiger charge is 2.22. The molecule has 0 saturated carbocycles. The van der Waals surface area contributed by atoms with Crippen LogP contribution in [-0.2, 0) is 4.79 Å². The number of tetrazole rings is 1. The van der Waals surface area contributed by atoms with Crippen molar-refractivity contribution >= 4 is 5.91 Å². The van der Waals surface area contributed by atoms with E-state index in [2.05, 4.69) is 39.8 Å². The quantitative estimate of drug-likeness (QED) is 0.617. The molecule has 0 radical (unpaired) electrons. The molecule has 2 N–H and O–H groups in total. The zero-order valence-corrected chi connectivity index (χ0v) is 15.9. The van der Waals surface area contributed by atoms with E-state index in [1.165, 1.54) is 0 Å². The Morgan fingerprint density at radius 1 is 1.14 bits per heavy atom. The maximum absolute atomic E-state index is 12.6. The Morgan fingerprint density at radius 2 is 1.89 bits per heavy atom. The van der Waals surface area contributed by atoms with Gasteiger partial charge in [-0.25, -0.2) is 0 Å². The van der Waals surface area contributed by atoms with Crippen molar-refractivity contribution in [3.8, 4) is 28.6 Å². The maximum atomic E-state index is 12.6. The van der Waals surface area contributed by atoms with Crippen LogP contribution in [0.25, 0.3) is 22.5 Å². The lowest BCUT2D eigenvalue weighted by atomic mass is 9.88. The molecule has 0 fully saturated rings. The average molecular weight is 374 g/mol. The van der Waals surface area contributed by atoms with Gasteiger partial charge in [0.2, 0.25) is 11.7 Å². The number of hydrogen-bond acceptors (Lipinski definition) is 5. The molecule has 142 valence electrons. The second-order valence-corrected chi connectivity index (χ2v) is 7.00. The molecule has 1 heterocycles. The van der Waals surface area contributed by atoms with Gasteiger partial charge in [0.25, 0.3) is 0 Å². The molecular formula is C21H22N6O. The number of amides is 1. The highest BCUT2D eigenvalue weighted by Crippen LogP contribution is 2.29. The number of nitrogens with zero attached hydrogens (tertiary/aromatic N) is 4. The minimum absolute atomic E-state index is 0.0185. The molecule has 7 nitrogen and oxygen atoms in total. The summed E-state index contributed by atoms with van der Waals surface area (Å²) in [6, 6.07) is 17.8. The number of benzene rings is 2. The third kappa shape index (κ3) is 4.60. The molecular weight excluding hydrogens is 352 g/mol. The summed E-state index contributed by atoms with van der Waals surface area (Å²) in [6.45, 7) is 4.20. The van der Waals surface area contributed by atoms with Gasteiger partial charge in [-0.1, -0.05) is 62.4 Å². The minimum atomic E-state index is -0.285. The molecule has 0 aliphatic carbocycles. The van der Waals surface area contributed by atoms with E-state index in [9.17, 15) is 4.79 Å². The second kappa shape index (κ2) is 8.91. The van der Waals surface area contributed by atoms with Crippen LogP contribution in [0.1, 0.15) is 31.7 Å². The SMILES string of the molecule is CC(C)CC(C(=O)NCC#N)c1cccc(-c2ccc(-c3nn[nH]n3)cc2)c1. The van der Waals surface area contributed by atoms with Crippen LogP contribution in [0, 0.1) is 17.2 Å². The highest BCUT2D eigenvalue weighted by atomic mass is 16.1. The van der Waals surface area contributed by atoms with Crippen molar-refractivity contribution < 1.29 is 4.79 Å². The standard InChI is InChI=1S/C21H22N6O/c1-14(2)12-19(21(28)23-11-10-22)18-5-3-4-17(13-18)15-6-8-16(9-7-15)20-24-26-27-25-20/h3-9,13-14,19H,11-12H2,1-2H3,(H,23,28)(H,24,25,26,27). The zero-order valence-electron chi connectivity index (χ0n) is 15.9. The lowest BCUT2D eigenvalue weighted by Crippen LogP contribution is -2.30. The molecule has 28 heavy (non-hydrogen) atoms.